The molecule has 0 bridgehead atoms. The molecule has 0 aliphatic rings. The van der Waals surface area contributed by atoms with Gasteiger partial charge in [-0.05, 0) is 13.8 Å². The molecule has 3 heteroatoms. The molecule has 1 atom stereocenters. The van der Waals surface area contributed by atoms with Crippen LogP contribution in [0.2, 0.25) is 0 Å². The molecule has 66 valence electrons. The second kappa shape index (κ2) is 5.36. The summed E-state index contributed by atoms with van der Waals surface area (Å²) in [7, 11) is 0. The van der Waals surface area contributed by atoms with Gasteiger partial charge in [-0.15, -0.1) is 12.3 Å². The van der Waals surface area contributed by atoms with Gasteiger partial charge < -0.3 is 5.32 Å². The maximum absolute atomic E-state index is 10.9. The molecule has 0 aromatic heterocycles. The van der Waals surface area contributed by atoms with Gasteiger partial charge in [-0.2, -0.15) is 0 Å². The number of rotatable bonds is 4. The third kappa shape index (κ3) is 5.48. The number of nitrogens with one attached hydrogen (secondary N) is 1. The van der Waals surface area contributed by atoms with Crippen molar-refractivity contribution in [3.63, 3.8) is 0 Å². The lowest BCUT2D eigenvalue weighted by Crippen LogP contribution is -2.33. The zero-order valence-corrected chi connectivity index (χ0v) is 7.39. The maximum atomic E-state index is 10.9. The van der Waals surface area contributed by atoms with E-state index in [4.69, 9.17) is 6.42 Å². The zero-order valence-electron chi connectivity index (χ0n) is 7.39. The van der Waals surface area contributed by atoms with Crippen LogP contribution in [0.3, 0.4) is 0 Å². The molecular formula is C9H13NO2. The number of Topliss-reactive ketones (excluding diaryl/α,β-unsaturated/α-hetero) is 1. The normalized spacial score (nSPS) is 11.4. The van der Waals surface area contributed by atoms with E-state index >= 15 is 0 Å². The number of carbonyl (C=O) groups excluding carboxylic acids is 2. The molecule has 0 radical (unpaired) electrons. The fourth-order valence-electron chi connectivity index (χ4n) is 0.780. The lowest BCUT2D eigenvalue weighted by atomic mass is 10.2. The Kier molecular flexibility index (Phi) is 4.78. The smallest absolute Gasteiger partial charge is 0.227 e. The zero-order chi connectivity index (χ0) is 9.56. The quantitative estimate of drug-likeness (QED) is 0.489. The van der Waals surface area contributed by atoms with Crippen LogP contribution < -0.4 is 5.32 Å². The second-order valence-corrected chi connectivity index (χ2v) is 2.76. The number of ketones is 1. The topological polar surface area (TPSA) is 46.2 Å². The average molecular weight is 167 g/mol. The fraction of sp³-hybridized carbons (Fsp3) is 0.556. The molecule has 1 N–H and O–H groups in total. The molecule has 0 fully saturated rings. The first kappa shape index (κ1) is 10.7. The Bertz CT molecular complexity index is 215. The molecule has 0 spiro atoms. The van der Waals surface area contributed by atoms with Gasteiger partial charge in [0.25, 0.3) is 0 Å². The largest absolute Gasteiger partial charge is 0.352 e. The van der Waals surface area contributed by atoms with E-state index in [0.29, 0.717) is 6.42 Å². The Labute approximate surface area is 72.5 Å². The molecule has 1 amide bonds. The Morgan fingerprint density at radius 2 is 2.17 bits per heavy atom. The van der Waals surface area contributed by atoms with Crippen LogP contribution in [0.15, 0.2) is 0 Å². The molecule has 0 aliphatic heterocycles. The third-order valence-electron chi connectivity index (χ3n) is 1.24. The van der Waals surface area contributed by atoms with Crippen molar-refractivity contribution in [1.82, 2.24) is 5.32 Å². The standard InChI is InChI=1S/C9H13NO2/c1-4-5-7(2)10-9(12)6-8(3)11/h1,7H,5-6H2,2-3H3,(H,10,12). The number of hydrogen-bond acceptors (Lipinski definition) is 2. The molecule has 0 heterocycles. The van der Waals surface area contributed by atoms with Crippen LogP contribution in [0.1, 0.15) is 26.7 Å². The van der Waals surface area contributed by atoms with E-state index in [1.807, 2.05) is 0 Å². The van der Waals surface area contributed by atoms with Gasteiger partial charge in [-0.1, -0.05) is 0 Å². The molecule has 1 unspecified atom stereocenters. The number of carbonyl (C=O) groups is 2. The summed E-state index contributed by atoms with van der Waals surface area (Å²) in [5.74, 6) is 2.03. The van der Waals surface area contributed by atoms with Gasteiger partial charge in [-0.3, -0.25) is 9.59 Å². The monoisotopic (exact) mass is 167 g/mol. The summed E-state index contributed by atoms with van der Waals surface area (Å²) in [4.78, 5) is 21.4. The fourth-order valence-corrected chi connectivity index (χ4v) is 0.780. The van der Waals surface area contributed by atoms with Crippen LogP contribution in [-0.4, -0.2) is 17.7 Å². The van der Waals surface area contributed by atoms with Gasteiger partial charge >= 0.3 is 0 Å². The van der Waals surface area contributed by atoms with Crippen LogP contribution in [-0.2, 0) is 9.59 Å². The second-order valence-electron chi connectivity index (χ2n) is 2.76. The van der Waals surface area contributed by atoms with E-state index in [1.54, 1.807) is 6.92 Å². The Morgan fingerprint density at radius 1 is 1.58 bits per heavy atom. The molecule has 0 aromatic carbocycles. The summed E-state index contributed by atoms with van der Waals surface area (Å²) in [6.45, 7) is 3.18. The number of amides is 1. The average Bonchev–Trinajstić information content (AvgIpc) is 1.84. The summed E-state index contributed by atoms with van der Waals surface area (Å²) in [5.41, 5.74) is 0. The van der Waals surface area contributed by atoms with Gasteiger partial charge in [0.2, 0.25) is 5.91 Å². The van der Waals surface area contributed by atoms with Gasteiger partial charge in [0.05, 0.1) is 6.42 Å². The highest BCUT2D eigenvalue weighted by Gasteiger charge is 2.07. The number of hydrogen-bond donors (Lipinski definition) is 1. The Morgan fingerprint density at radius 3 is 2.58 bits per heavy atom. The molecule has 0 aromatic rings. The van der Waals surface area contributed by atoms with Crippen molar-refractivity contribution < 1.29 is 9.59 Å². The van der Waals surface area contributed by atoms with Crippen molar-refractivity contribution in [3.05, 3.63) is 0 Å². The van der Waals surface area contributed by atoms with E-state index in [-0.39, 0.29) is 24.2 Å². The van der Waals surface area contributed by atoms with Crippen LogP contribution in [0.25, 0.3) is 0 Å². The van der Waals surface area contributed by atoms with E-state index < -0.39 is 0 Å². The molecule has 0 rings (SSSR count). The first-order chi connectivity index (χ1) is 5.56. The first-order valence-corrected chi connectivity index (χ1v) is 3.78. The summed E-state index contributed by atoms with van der Waals surface area (Å²) >= 11 is 0. The lowest BCUT2D eigenvalue weighted by Gasteiger charge is -2.09. The predicted octanol–water partition coefficient (Wildman–Crippen LogP) is 0.493. The minimum atomic E-state index is -0.259. The van der Waals surface area contributed by atoms with E-state index in [9.17, 15) is 9.59 Å². The lowest BCUT2D eigenvalue weighted by molar-refractivity contribution is -0.127. The maximum Gasteiger partial charge on any atom is 0.227 e. The highest BCUT2D eigenvalue weighted by molar-refractivity contribution is 5.96. The predicted molar refractivity (Wildman–Crippen MR) is 46.4 cm³/mol. The van der Waals surface area contributed by atoms with Crippen LogP contribution in [0.5, 0.6) is 0 Å². The van der Waals surface area contributed by atoms with Crippen molar-refractivity contribution in [1.29, 1.82) is 0 Å². The van der Waals surface area contributed by atoms with Gasteiger partial charge in [-0.25, -0.2) is 0 Å². The van der Waals surface area contributed by atoms with Gasteiger partial charge in [0.1, 0.15) is 5.78 Å². The van der Waals surface area contributed by atoms with Crippen molar-refractivity contribution in [2.75, 3.05) is 0 Å². The van der Waals surface area contributed by atoms with Crippen LogP contribution in [0, 0.1) is 12.3 Å². The molecular weight excluding hydrogens is 154 g/mol. The van der Waals surface area contributed by atoms with Crippen molar-refractivity contribution in [3.8, 4) is 12.3 Å². The first-order valence-electron chi connectivity index (χ1n) is 3.78. The van der Waals surface area contributed by atoms with Crippen molar-refractivity contribution in [2.45, 2.75) is 32.7 Å². The Hall–Kier alpha value is -1.30. The van der Waals surface area contributed by atoms with E-state index in [1.165, 1.54) is 6.92 Å². The van der Waals surface area contributed by atoms with Crippen LogP contribution in [0.4, 0.5) is 0 Å². The summed E-state index contributed by atoms with van der Waals surface area (Å²) in [5, 5.41) is 2.61. The van der Waals surface area contributed by atoms with E-state index in [0.717, 1.165) is 0 Å². The minimum absolute atomic E-state index is 0.0538. The molecule has 12 heavy (non-hydrogen) atoms. The van der Waals surface area contributed by atoms with Crippen molar-refractivity contribution >= 4 is 11.7 Å². The molecule has 0 saturated carbocycles. The molecule has 3 nitrogen and oxygen atoms in total. The highest BCUT2D eigenvalue weighted by Crippen LogP contribution is 1.90. The molecule has 0 saturated heterocycles. The highest BCUT2D eigenvalue weighted by atomic mass is 16.2. The van der Waals surface area contributed by atoms with Crippen LogP contribution >= 0.6 is 0 Å². The van der Waals surface area contributed by atoms with Gasteiger partial charge in [0.15, 0.2) is 0 Å². The third-order valence-corrected chi connectivity index (χ3v) is 1.24. The number of terminal acetylenes is 1. The minimum Gasteiger partial charge on any atom is -0.352 e. The summed E-state index contributed by atoms with van der Waals surface area (Å²) < 4.78 is 0. The summed E-state index contributed by atoms with van der Waals surface area (Å²) in [6, 6.07) is -0.0538. The Balaban J connectivity index is 3.70. The SMILES string of the molecule is C#CCC(C)NC(=O)CC(C)=O. The van der Waals surface area contributed by atoms with Crippen molar-refractivity contribution in [2.24, 2.45) is 0 Å². The summed E-state index contributed by atoms with van der Waals surface area (Å²) in [6.07, 6.45) is 5.47. The van der Waals surface area contributed by atoms with E-state index in [2.05, 4.69) is 11.2 Å². The van der Waals surface area contributed by atoms with Gasteiger partial charge in [0, 0.05) is 12.5 Å². The molecule has 0 aliphatic carbocycles.